The summed E-state index contributed by atoms with van der Waals surface area (Å²) >= 11 is 3.36. The van der Waals surface area contributed by atoms with Crippen molar-refractivity contribution in [3.05, 3.63) is 58.1 Å². The molecular formula is C15H13BrO4. The fourth-order valence-corrected chi connectivity index (χ4v) is 1.93. The van der Waals surface area contributed by atoms with Crippen molar-refractivity contribution >= 4 is 21.9 Å². The fraction of sp³-hybridized carbons (Fsp3) is 0.133. The average molecular weight is 337 g/mol. The van der Waals surface area contributed by atoms with Crippen LogP contribution in [0.3, 0.4) is 0 Å². The van der Waals surface area contributed by atoms with E-state index in [1.165, 1.54) is 19.2 Å². The van der Waals surface area contributed by atoms with Crippen LogP contribution in [0.15, 0.2) is 46.9 Å². The predicted molar refractivity (Wildman–Crippen MR) is 78.4 cm³/mol. The molecule has 0 radical (unpaired) electrons. The van der Waals surface area contributed by atoms with Gasteiger partial charge in [0.1, 0.15) is 6.61 Å². The molecule has 0 fully saturated rings. The number of ether oxygens (including phenoxy) is 2. The van der Waals surface area contributed by atoms with Crippen LogP contribution in [-0.4, -0.2) is 18.2 Å². The Balaban J connectivity index is 2.16. The second-order valence-electron chi connectivity index (χ2n) is 4.09. The summed E-state index contributed by atoms with van der Waals surface area (Å²) < 4.78 is 11.8. The van der Waals surface area contributed by atoms with Gasteiger partial charge in [0, 0.05) is 4.47 Å². The molecule has 104 valence electrons. The van der Waals surface area contributed by atoms with E-state index in [0.29, 0.717) is 18.1 Å². The molecule has 4 nitrogen and oxygen atoms in total. The predicted octanol–water partition coefficient (Wildman–Crippen LogP) is 3.73. The minimum absolute atomic E-state index is 0.164. The molecule has 0 saturated carbocycles. The number of hydrogen-bond donors (Lipinski definition) is 1. The number of carboxylic acids is 1. The number of hydrogen-bond acceptors (Lipinski definition) is 3. The molecule has 0 aromatic heterocycles. The topological polar surface area (TPSA) is 55.8 Å². The van der Waals surface area contributed by atoms with Gasteiger partial charge in [-0.05, 0) is 35.9 Å². The number of carbonyl (C=O) groups is 1. The van der Waals surface area contributed by atoms with Crippen molar-refractivity contribution in [3.63, 3.8) is 0 Å². The van der Waals surface area contributed by atoms with Crippen LogP contribution in [0.2, 0.25) is 0 Å². The van der Waals surface area contributed by atoms with Gasteiger partial charge in [-0.15, -0.1) is 0 Å². The van der Waals surface area contributed by atoms with Crippen LogP contribution in [-0.2, 0) is 6.61 Å². The standard InChI is InChI=1S/C15H13BrO4/c1-19-13-7-4-11(15(17)18)8-14(13)20-9-10-2-5-12(16)6-3-10/h2-8H,9H2,1H3,(H,17,18). The van der Waals surface area contributed by atoms with Gasteiger partial charge in [-0.3, -0.25) is 0 Å². The summed E-state index contributed by atoms with van der Waals surface area (Å²) in [7, 11) is 1.52. The van der Waals surface area contributed by atoms with E-state index in [4.69, 9.17) is 14.6 Å². The molecule has 0 aliphatic carbocycles. The Morgan fingerprint density at radius 1 is 1.15 bits per heavy atom. The molecule has 5 heteroatoms. The average Bonchev–Trinajstić information content (AvgIpc) is 2.46. The lowest BCUT2D eigenvalue weighted by Gasteiger charge is -2.11. The molecule has 0 saturated heterocycles. The Hall–Kier alpha value is -2.01. The maximum absolute atomic E-state index is 11.0. The van der Waals surface area contributed by atoms with Gasteiger partial charge in [-0.2, -0.15) is 0 Å². The summed E-state index contributed by atoms with van der Waals surface area (Å²) in [6.07, 6.45) is 0. The zero-order valence-corrected chi connectivity index (χ0v) is 12.4. The number of rotatable bonds is 5. The molecule has 2 aromatic carbocycles. The third-order valence-corrected chi connectivity index (χ3v) is 3.25. The van der Waals surface area contributed by atoms with E-state index in [1.807, 2.05) is 24.3 Å². The quantitative estimate of drug-likeness (QED) is 0.903. The highest BCUT2D eigenvalue weighted by Crippen LogP contribution is 2.29. The first-order chi connectivity index (χ1) is 9.60. The van der Waals surface area contributed by atoms with Crippen molar-refractivity contribution in [2.45, 2.75) is 6.61 Å². The first-order valence-corrected chi connectivity index (χ1v) is 6.68. The molecule has 2 rings (SSSR count). The van der Waals surface area contributed by atoms with Gasteiger partial charge < -0.3 is 14.6 Å². The maximum atomic E-state index is 11.0. The van der Waals surface area contributed by atoms with Crippen molar-refractivity contribution in [1.82, 2.24) is 0 Å². The Bertz CT molecular complexity index is 608. The van der Waals surface area contributed by atoms with Crippen LogP contribution in [0.1, 0.15) is 15.9 Å². The van der Waals surface area contributed by atoms with Gasteiger partial charge in [0.15, 0.2) is 11.5 Å². The first-order valence-electron chi connectivity index (χ1n) is 5.88. The second kappa shape index (κ2) is 6.43. The lowest BCUT2D eigenvalue weighted by molar-refractivity contribution is 0.0696. The smallest absolute Gasteiger partial charge is 0.335 e. The summed E-state index contributed by atoms with van der Waals surface area (Å²) in [4.78, 5) is 11.0. The van der Waals surface area contributed by atoms with Crippen LogP contribution in [0.5, 0.6) is 11.5 Å². The van der Waals surface area contributed by atoms with E-state index in [1.54, 1.807) is 6.07 Å². The van der Waals surface area contributed by atoms with Gasteiger partial charge in [-0.25, -0.2) is 4.79 Å². The molecule has 0 spiro atoms. The van der Waals surface area contributed by atoms with Crippen molar-refractivity contribution in [2.75, 3.05) is 7.11 Å². The van der Waals surface area contributed by atoms with Crippen molar-refractivity contribution in [2.24, 2.45) is 0 Å². The van der Waals surface area contributed by atoms with Crippen LogP contribution in [0.4, 0.5) is 0 Å². The molecule has 0 heterocycles. The van der Waals surface area contributed by atoms with Crippen LogP contribution >= 0.6 is 15.9 Å². The molecule has 0 aliphatic rings. The van der Waals surface area contributed by atoms with E-state index in [2.05, 4.69) is 15.9 Å². The van der Waals surface area contributed by atoms with Crippen molar-refractivity contribution in [1.29, 1.82) is 0 Å². The van der Waals surface area contributed by atoms with E-state index in [9.17, 15) is 4.79 Å². The van der Waals surface area contributed by atoms with Crippen LogP contribution < -0.4 is 9.47 Å². The molecule has 0 bridgehead atoms. The summed E-state index contributed by atoms with van der Waals surface area (Å²) in [6, 6.07) is 12.2. The molecule has 0 amide bonds. The Morgan fingerprint density at radius 3 is 2.45 bits per heavy atom. The highest BCUT2D eigenvalue weighted by Gasteiger charge is 2.10. The van der Waals surface area contributed by atoms with Gasteiger partial charge in [-0.1, -0.05) is 28.1 Å². The molecule has 20 heavy (non-hydrogen) atoms. The summed E-state index contributed by atoms with van der Waals surface area (Å²) in [5.41, 5.74) is 1.15. The number of methoxy groups -OCH3 is 1. The Kier molecular flexibility index (Phi) is 4.63. The highest BCUT2D eigenvalue weighted by atomic mass is 79.9. The van der Waals surface area contributed by atoms with E-state index in [0.717, 1.165) is 10.0 Å². The molecule has 0 aliphatic heterocycles. The van der Waals surface area contributed by atoms with Crippen molar-refractivity contribution in [3.8, 4) is 11.5 Å². The van der Waals surface area contributed by atoms with E-state index in [-0.39, 0.29) is 5.56 Å². The maximum Gasteiger partial charge on any atom is 0.335 e. The van der Waals surface area contributed by atoms with Gasteiger partial charge in [0.2, 0.25) is 0 Å². The minimum atomic E-state index is -0.999. The Labute approximate surface area is 125 Å². The van der Waals surface area contributed by atoms with E-state index >= 15 is 0 Å². The molecular weight excluding hydrogens is 324 g/mol. The molecule has 0 atom stereocenters. The summed E-state index contributed by atoms with van der Waals surface area (Å²) in [6.45, 7) is 0.340. The number of halogens is 1. The fourth-order valence-electron chi connectivity index (χ4n) is 1.66. The third-order valence-electron chi connectivity index (χ3n) is 2.72. The largest absolute Gasteiger partial charge is 0.493 e. The molecule has 0 unspecified atom stereocenters. The van der Waals surface area contributed by atoms with Gasteiger partial charge in [0.25, 0.3) is 0 Å². The monoisotopic (exact) mass is 336 g/mol. The lowest BCUT2D eigenvalue weighted by Crippen LogP contribution is -2.01. The van der Waals surface area contributed by atoms with Crippen LogP contribution in [0.25, 0.3) is 0 Å². The second-order valence-corrected chi connectivity index (χ2v) is 5.00. The molecule has 2 aromatic rings. The highest BCUT2D eigenvalue weighted by molar-refractivity contribution is 9.10. The van der Waals surface area contributed by atoms with Gasteiger partial charge >= 0.3 is 5.97 Å². The third kappa shape index (κ3) is 3.51. The summed E-state index contributed by atoms with van der Waals surface area (Å²) in [5.74, 6) is -0.0800. The minimum Gasteiger partial charge on any atom is -0.493 e. The van der Waals surface area contributed by atoms with Crippen molar-refractivity contribution < 1.29 is 19.4 Å². The first kappa shape index (κ1) is 14.4. The number of aromatic carboxylic acids is 1. The lowest BCUT2D eigenvalue weighted by atomic mass is 10.2. The summed E-state index contributed by atoms with van der Waals surface area (Å²) in [5, 5.41) is 8.99. The SMILES string of the molecule is COc1ccc(C(=O)O)cc1OCc1ccc(Br)cc1. The number of benzene rings is 2. The zero-order valence-electron chi connectivity index (χ0n) is 10.8. The Morgan fingerprint density at radius 2 is 1.85 bits per heavy atom. The number of carboxylic acid groups (broad SMARTS) is 1. The normalized spacial score (nSPS) is 10.1. The zero-order chi connectivity index (χ0) is 14.5. The van der Waals surface area contributed by atoms with E-state index < -0.39 is 5.97 Å². The molecule has 1 N–H and O–H groups in total. The van der Waals surface area contributed by atoms with Crippen LogP contribution in [0, 0.1) is 0 Å². The van der Waals surface area contributed by atoms with Gasteiger partial charge in [0.05, 0.1) is 12.7 Å².